The lowest BCUT2D eigenvalue weighted by molar-refractivity contribution is 0.785. The lowest BCUT2D eigenvalue weighted by Gasteiger charge is -2.20. The quantitative estimate of drug-likeness (QED) is 0.739. The van der Waals surface area contributed by atoms with E-state index in [-0.39, 0.29) is 4.83 Å². The molecule has 2 atom stereocenters. The minimum atomic E-state index is -0.678. The van der Waals surface area contributed by atoms with Crippen LogP contribution < -0.4 is 0 Å². The van der Waals surface area contributed by atoms with E-state index >= 15 is 0 Å². The molecule has 11 heavy (non-hydrogen) atoms. The third-order valence-corrected chi connectivity index (χ3v) is 5.51. The Labute approximate surface area is 91.0 Å². The Hall–Kier alpha value is 0.420. The molecule has 0 aliphatic heterocycles. The molecule has 0 N–H and O–H groups in total. The topological polar surface area (TPSA) is 47.6 Å². The van der Waals surface area contributed by atoms with Gasteiger partial charge < -0.3 is 0 Å². The summed E-state index contributed by atoms with van der Waals surface area (Å²) in [5, 5.41) is 17.6. The SMILES string of the molecule is N#CCC(Br)C(Br)(C#N)CBr. The van der Waals surface area contributed by atoms with Crippen LogP contribution in [0.1, 0.15) is 6.42 Å². The summed E-state index contributed by atoms with van der Waals surface area (Å²) in [6.07, 6.45) is 0.310. The van der Waals surface area contributed by atoms with Crippen molar-refractivity contribution in [3.05, 3.63) is 0 Å². The molecule has 0 saturated heterocycles. The second-order valence-electron chi connectivity index (χ2n) is 1.94. The normalized spacial score (nSPS) is 17.5. The van der Waals surface area contributed by atoms with Crippen molar-refractivity contribution in [2.45, 2.75) is 15.6 Å². The first-order valence-corrected chi connectivity index (χ1v) is 5.61. The highest BCUT2D eigenvalue weighted by Crippen LogP contribution is 2.31. The molecule has 0 aliphatic carbocycles. The van der Waals surface area contributed by atoms with Gasteiger partial charge in [0.1, 0.15) is 4.32 Å². The Morgan fingerprint density at radius 1 is 1.45 bits per heavy atom. The van der Waals surface area contributed by atoms with Gasteiger partial charge in [0.05, 0.1) is 23.4 Å². The van der Waals surface area contributed by atoms with Crippen molar-refractivity contribution in [1.82, 2.24) is 0 Å². The lowest BCUT2D eigenvalue weighted by Crippen LogP contribution is -2.31. The van der Waals surface area contributed by atoms with Gasteiger partial charge in [-0.25, -0.2) is 0 Å². The Kier molecular flexibility index (Phi) is 5.33. The van der Waals surface area contributed by atoms with Crippen LogP contribution >= 0.6 is 47.8 Å². The molecule has 2 nitrogen and oxygen atoms in total. The standard InChI is InChI=1S/C6H5Br3N2/c7-3-6(9,4-11)5(8)1-2-10/h5H,1,3H2. The molecule has 0 fully saturated rings. The van der Waals surface area contributed by atoms with Crippen LogP contribution in [0.5, 0.6) is 0 Å². The highest BCUT2D eigenvalue weighted by Gasteiger charge is 2.33. The largest absolute Gasteiger partial charge is 0.198 e. The van der Waals surface area contributed by atoms with Crippen molar-refractivity contribution in [1.29, 1.82) is 10.5 Å². The van der Waals surface area contributed by atoms with Crippen molar-refractivity contribution in [2.24, 2.45) is 0 Å². The second kappa shape index (κ2) is 5.13. The molecule has 0 aromatic rings. The van der Waals surface area contributed by atoms with Crippen LogP contribution in [0.15, 0.2) is 0 Å². The third-order valence-electron chi connectivity index (χ3n) is 1.15. The van der Waals surface area contributed by atoms with Gasteiger partial charge >= 0.3 is 0 Å². The molecule has 0 aromatic carbocycles. The molecular weight excluding hydrogens is 340 g/mol. The van der Waals surface area contributed by atoms with Crippen LogP contribution in [-0.4, -0.2) is 14.5 Å². The average Bonchev–Trinajstić information content (AvgIpc) is 2.03. The van der Waals surface area contributed by atoms with Gasteiger partial charge in [-0.2, -0.15) is 10.5 Å². The fraction of sp³-hybridized carbons (Fsp3) is 0.667. The summed E-state index contributed by atoms with van der Waals surface area (Å²) in [5.74, 6) is 0. The van der Waals surface area contributed by atoms with Crippen LogP contribution in [0.3, 0.4) is 0 Å². The first-order valence-electron chi connectivity index (χ1n) is 2.78. The van der Waals surface area contributed by atoms with Crippen LogP contribution in [-0.2, 0) is 0 Å². The Morgan fingerprint density at radius 3 is 2.27 bits per heavy atom. The molecule has 0 spiro atoms. The Balaban J connectivity index is 4.30. The third kappa shape index (κ3) is 3.11. The molecule has 0 amide bonds. The van der Waals surface area contributed by atoms with Crippen molar-refractivity contribution >= 4 is 47.8 Å². The van der Waals surface area contributed by atoms with Gasteiger partial charge in [-0.3, -0.25) is 0 Å². The molecule has 0 heterocycles. The summed E-state index contributed by atoms with van der Waals surface area (Å²) in [6, 6.07) is 4.08. The van der Waals surface area contributed by atoms with E-state index in [0.717, 1.165) is 0 Å². The summed E-state index contributed by atoms with van der Waals surface area (Å²) in [6.45, 7) is 0. The number of hydrogen-bond donors (Lipinski definition) is 0. The van der Waals surface area contributed by atoms with Gasteiger partial charge in [0.2, 0.25) is 0 Å². The molecule has 0 rings (SSSR count). The summed E-state index contributed by atoms with van der Waals surface area (Å²) < 4.78 is -0.678. The minimum Gasteiger partial charge on any atom is -0.198 e. The fourth-order valence-electron chi connectivity index (χ4n) is 0.426. The highest BCUT2D eigenvalue weighted by molar-refractivity contribution is 9.14. The van der Waals surface area contributed by atoms with E-state index in [9.17, 15) is 0 Å². The van der Waals surface area contributed by atoms with Crippen molar-refractivity contribution in [3.8, 4) is 12.1 Å². The summed E-state index contributed by atoms with van der Waals surface area (Å²) in [5.41, 5.74) is 0. The zero-order chi connectivity index (χ0) is 8.91. The maximum Gasteiger partial charge on any atom is 0.135 e. The monoisotopic (exact) mass is 342 g/mol. The van der Waals surface area contributed by atoms with E-state index in [1.807, 2.05) is 6.07 Å². The smallest absolute Gasteiger partial charge is 0.135 e. The molecule has 2 unspecified atom stereocenters. The molecule has 0 saturated carbocycles. The van der Waals surface area contributed by atoms with Crippen LogP contribution in [0.2, 0.25) is 0 Å². The Morgan fingerprint density at radius 2 is 2.00 bits per heavy atom. The predicted octanol–water partition coefficient (Wildman–Crippen LogP) is 2.72. The van der Waals surface area contributed by atoms with Crippen molar-refractivity contribution in [3.63, 3.8) is 0 Å². The fourth-order valence-corrected chi connectivity index (χ4v) is 1.95. The number of alkyl halides is 3. The average molecular weight is 345 g/mol. The zero-order valence-electron chi connectivity index (χ0n) is 5.52. The molecule has 0 aromatic heterocycles. The molecule has 5 heteroatoms. The lowest BCUT2D eigenvalue weighted by atomic mass is 10.1. The zero-order valence-corrected chi connectivity index (χ0v) is 10.3. The van der Waals surface area contributed by atoms with Crippen LogP contribution in [0, 0.1) is 22.7 Å². The predicted molar refractivity (Wildman–Crippen MR) is 54.0 cm³/mol. The van der Waals surface area contributed by atoms with E-state index in [0.29, 0.717) is 11.8 Å². The highest BCUT2D eigenvalue weighted by atomic mass is 79.9. The Bertz CT molecular complexity index is 205. The van der Waals surface area contributed by atoms with Gasteiger partial charge in [-0.15, -0.1) is 0 Å². The second-order valence-corrected chi connectivity index (χ2v) is 5.02. The van der Waals surface area contributed by atoms with E-state index in [2.05, 4.69) is 53.9 Å². The van der Waals surface area contributed by atoms with E-state index in [4.69, 9.17) is 10.5 Å². The first-order chi connectivity index (χ1) is 5.10. The number of nitrogens with zero attached hydrogens (tertiary/aromatic N) is 2. The maximum absolute atomic E-state index is 8.72. The first kappa shape index (κ1) is 11.4. The van der Waals surface area contributed by atoms with E-state index < -0.39 is 4.32 Å². The summed E-state index contributed by atoms with van der Waals surface area (Å²) in [4.78, 5) is -0.149. The molecular formula is C6H5Br3N2. The van der Waals surface area contributed by atoms with Gasteiger partial charge in [0.15, 0.2) is 0 Å². The van der Waals surface area contributed by atoms with Crippen molar-refractivity contribution in [2.75, 3.05) is 5.33 Å². The van der Waals surface area contributed by atoms with Gasteiger partial charge in [-0.1, -0.05) is 47.8 Å². The number of rotatable bonds is 3. The number of halogens is 3. The van der Waals surface area contributed by atoms with Gasteiger partial charge in [-0.05, 0) is 0 Å². The number of hydrogen-bond acceptors (Lipinski definition) is 2. The number of nitriles is 2. The maximum atomic E-state index is 8.72. The summed E-state index contributed by atoms with van der Waals surface area (Å²) >= 11 is 9.70. The van der Waals surface area contributed by atoms with E-state index in [1.165, 1.54) is 0 Å². The van der Waals surface area contributed by atoms with E-state index in [1.54, 1.807) is 0 Å². The minimum absolute atomic E-state index is 0.149. The van der Waals surface area contributed by atoms with Crippen LogP contribution in [0.4, 0.5) is 0 Å². The van der Waals surface area contributed by atoms with Gasteiger partial charge in [0, 0.05) is 5.33 Å². The van der Waals surface area contributed by atoms with Gasteiger partial charge in [0.25, 0.3) is 0 Å². The van der Waals surface area contributed by atoms with Crippen LogP contribution in [0.25, 0.3) is 0 Å². The molecule has 60 valence electrons. The summed E-state index contributed by atoms with van der Waals surface area (Å²) in [7, 11) is 0. The molecule has 0 radical (unpaired) electrons. The molecule has 0 aliphatic rings. The van der Waals surface area contributed by atoms with Crippen molar-refractivity contribution < 1.29 is 0 Å². The molecule has 0 bridgehead atoms.